The maximum absolute atomic E-state index is 12.4. The van der Waals surface area contributed by atoms with Crippen LogP contribution in [0.25, 0.3) is 10.6 Å². The van der Waals surface area contributed by atoms with Crippen LogP contribution in [0.3, 0.4) is 0 Å². The number of nitrogens with zero attached hydrogens (tertiary/aromatic N) is 2. The van der Waals surface area contributed by atoms with Crippen molar-refractivity contribution in [2.45, 2.75) is 56.6 Å². The van der Waals surface area contributed by atoms with Gasteiger partial charge in [0.15, 0.2) is 0 Å². The number of carbonyl (C=O) groups excluding carboxylic acids is 1. The van der Waals surface area contributed by atoms with Crippen molar-refractivity contribution in [3.8, 4) is 10.6 Å². The highest BCUT2D eigenvalue weighted by atomic mass is 32.2. The van der Waals surface area contributed by atoms with Crippen molar-refractivity contribution in [3.05, 3.63) is 35.3 Å². The van der Waals surface area contributed by atoms with Crippen LogP contribution in [0.4, 0.5) is 0 Å². The Morgan fingerprint density at radius 2 is 2.04 bits per heavy atom. The molecule has 6 heteroatoms. The molecule has 0 unspecified atom stereocenters. The van der Waals surface area contributed by atoms with Crippen molar-refractivity contribution in [1.82, 2.24) is 15.5 Å². The monoisotopic (exact) mass is 375 g/mol. The lowest BCUT2D eigenvalue weighted by molar-refractivity contribution is -0.121. The van der Waals surface area contributed by atoms with Crippen LogP contribution in [0.2, 0.25) is 0 Å². The predicted molar refractivity (Wildman–Crippen MR) is 106 cm³/mol. The first-order valence-corrected chi connectivity index (χ1v) is 10.8. The molecular weight excluding hydrogens is 350 g/mol. The number of hydrogen-bond donors (Lipinski definition) is 1. The van der Waals surface area contributed by atoms with Crippen molar-refractivity contribution in [2.24, 2.45) is 5.92 Å². The van der Waals surface area contributed by atoms with Crippen molar-refractivity contribution >= 4 is 29.0 Å². The average Bonchev–Trinajstić information content (AvgIpc) is 3.11. The average molecular weight is 376 g/mol. The normalized spacial score (nSPS) is 21.7. The molecule has 3 atom stereocenters. The number of amides is 1. The maximum Gasteiger partial charge on any atom is 0.233 e. The van der Waals surface area contributed by atoms with Gasteiger partial charge in [0.25, 0.3) is 0 Å². The number of nitrogens with one attached hydrogen (secondary N) is 1. The van der Waals surface area contributed by atoms with E-state index in [0.29, 0.717) is 12.0 Å². The summed E-state index contributed by atoms with van der Waals surface area (Å²) in [6.07, 6.45) is 4.85. The van der Waals surface area contributed by atoms with E-state index < -0.39 is 0 Å². The molecule has 1 fully saturated rings. The first kappa shape index (κ1) is 18.4. The summed E-state index contributed by atoms with van der Waals surface area (Å²) in [5.74, 6) is 1.46. The van der Waals surface area contributed by atoms with E-state index >= 15 is 0 Å². The van der Waals surface area contributed by atoms with Crippen LogP contribution < -0.4 is 5.32 Å². The molecule has 1 amide bonds. The Morgan fingerprint density at radius 3 is 2.80 bits per heavy atom. The molecule has 1 saturated carbocycles. The minimum atomic E-state index is -0.0711. The summed E-state index contributed by atoms with van der Waals surface area (Å²) in [6, 6.07) is 10.4. The van der Waals surface area contributed by atoms with Gasteiger partial charge in [-0.05, 0) is 25.7 Å². The molecule has 1 aliphatic carbocycles. The summed E-state index contributed by atoms with van der Waals surface area (Å²) in [5, 5.41) is 13.6. The van der Waals surface area contributed by atoms with Gasteiger partial charge in [-0.1, -0.05) is 61.4 Å². The van der Waals surface area contributed by atoms with Crippen LogP contribution in [0.15, 0.2) is 30.3 Å². The van der Waals surface area contributed by atoms with Crippen LogP contribution in [0.1, 0.15) is 44.5 Å². The van der Waals surface area contributed by atoms with Gasteiger partial charge in [0.2, 0.25) is 5.91 Å². The van der Waals surface area contributed by atoms with Crippen molar-refractivity contribution in [2.75, 3.05) is 0 Å². The van der Waals surface area contributed by atoms with E-state index in [9.17, 15) is 4.79 Å². The molecule has 134 valence electrons. The third kappa shape index (κ3) is 5.05. The fraction of sp³-hybridized carbons (Fsp3) is 0.526. The molecule has 0 radical (unpaired) electrons. The van der Waals surface area contributed by atoms with Crippen LogP contribution in [0, 0.1) is 5.92 Å². The van der Waals surface area contributed by atoms with E-state index in [1.165, 1.54) is 19.3 Å². The molecule has 0 spiro atoms. The quantitative estimate of drug-likeness (QED) is 0.806. The van der Waals surface area contributed by atoms with Gasteiger partial charge in [0.1, 0.15) is 10.0 Å². The van der Waals surface area contributed by atoms with Crippen molar-refractivity contribution in [1.29, 1.82) is 0 Å². The van der Waals surface area contributed by atoms with E-state index in [-0.39, 0.29) is 11.2 Å². The summed E-state index contributed by atoms with van der Waals surface area (Å²) in [7, 11) is 0. The van der Waals surface area contributed by atoms with Crippen LogP contribution in [-0.2, 0) is 10.5 Å². The van der Waals surface area contributed by atoms with Gasteiger partial charge >= 0.3 is 0 Å². The number of thioether (sulfide) groups is 1. The highest BCUT2D eigenvalue weighted by Crippen LogP contribution is 2.28. The summed E-state index contributed by atoms with van der Waals surface area (Å²) in [6.45, 7) is 4.22. The number of hydrogen-bond acceptors (Lipinski definition) is 5. The highest BCUT2D eigenvalue weighted by molar-refractivity contribution is 7.99. The minimum Gasteiger partial charge on any atom is -0.352 e. The maximum atomic E-state index is 12.4. The zero-order valence-corrected chi connectivity index (χ0v) is 16.4. The smallest absolute Gasteiger partial charge is 0.233 e. The first-order chi connectivity index (χ1) is 12.1. The molecule has 1 aliphatic rings. The van der Waals surface area contributed by atoms with Gasteiger partial charge in [-0.3, -0.25) is 4.79 Å². The Labute approximate surface area is 157 Å². The Kier molecular flexibility index (Phi) is 6.48. The van der Waals surface area contributed by atoms with Crippen LogP contribution in [0.5, 0.6) is 0 Å². The number of aromatic nitrogens is 2. The van der Waals surface area contributed by atoms with E-state index in [1.807, 2.05) is 37.3 Å². The highest BCUT2D eigenvalue weighted by Gasteiger charge is 2.25. The van der Waals surface area contributed by atoms with Gasteiger partial charge in [-0.2, -0.15) is 0 Å². The Bertz CT molecular complexity index is 689. The molecule has 0 aliphatic heterocycles. The number of rotatable bonds is 6. The molecule has 3 rings (SSSR count). The lowest BCUT2D eigenvalue weighted by Gasteiger charge is -2.30. The van der Waals surface area contributed by atoms with E-state index in [0.717, 1.165) is 27.8 Å². The predicted octanol–water partition coefficient (Wildman–Crippen LogP) is 4.52. The second kappa shape index (κ2) is 8.81. The van der Waals surface area contributed by atoms with E-state index in [2.05, 4.69) is 22.4 Å². The molecule has 1 aromatic carbocycles. The summed E-state index contributed by atoms with van der Waals surface area (Å²) in [4.78, 5) is 12.4. The fourth-order valence-corrected chi connectivity index (χ4v) is 4.86. The minimum absolute atomic E-state index is 0.0711. The van der Waals surface area contributed by atoms with Gasteiger partial charge in [-0.25, -0.2) is 0 Å². The standard InChI is InChI=1S/C19H25N3OS2/c1-13-8-6-7-11-16(13)20-18(23)14(2)24-12-17-21-22-19(25-17)15-9-4-3-5-10-15/h3-5,9-10,13-14,16H,6-8,11-12H2,1-2H3,(H,20,23)/t13-,14+,16+/m1/s1. The largest absolute Gasteiger partial charge is 0.352 e. The third-order valence-electron chi connectivity index (χ3n) is 4.75. The summed E-state index contributed by atoms with van der Waals surface area (Å²) >= 11 is 3.23. The number of benzene rings is 1. The Balaban J connectivity index is 1.49. The molecule has 1 aromatic heterocycles. The molecule has 4 nitrogen and oxygen atoms in total. The molecule has 1 N–H and O–H groups in total. The van der Waals surface area contributed by atoms with E-state index in [1.54, 1.807) is 23.1 Å². The lowest BCUT2D eigenvalue weighted by Crippen LogP contribution is -2.44. The van der Waals surface area contributed by atoms with Gasteiger partial charge in [0.05, 0.1) is 5.25 Å². The fourth-order valence-electron chi connectivity index (χ4n) is 3.11. The zero-order valence-electron chi connectivity index (χ0n) is 14.8. The van der Waals surface area contributed by atoms with Gasteiger partial charge in [0, 0.05) is 17.4 Å². The Hall–Kier alpha value is -1.40. The Morgan fingerprint density at radius 1 is 1.28 bits per heavy atom. The molecule has 1 heterocycles. The lowest BCUT2D eigenvalue weighted by atomic mass is 9.86. The molecule has 2 aromatic rings. The van der Waals surface area contributed by atoms with Crippen LogP contribution in [-0.4, -0.2) is 27.4 Å². The summed E-state index contributed by atoms with van der Waals surface area (Å²) < 4.78 is 0. The second-order valence-electron chi connectivity index (χ2n) is 6.70. The molecule has 0 saturated heterocycles. The topological polar surface area (TPSA) is 54.9 Å². The number of carbonyl (C=O) groups is 1. The molecular formula is C19H25N3OS2. The molecule has 0 bridgehead atoms. The zero-order chi connectivity index (χ0) is 17.6. The van der Waals surface area contributed by atoms with Gasteiger partial charge in [-0.15, -0.1) is 22.0 Å². The van der Waals surface area contributed by atoms with Crippen molar-refractivity contribution in [3.63, 3.8) is 0 Å². The summed E-state index contributed by atoms with van der Waals surface area (Å²) in [5.41, 5.74) is 1.09. The molecule has 25 heavy (non-hydrogen) atoms. The SMILES string of the molecule is C[C@H](SCc1nnc(-c2ccccc2)s1)C(=O)N[C@H]1CCCC[C@H]1C. The van der Waals surface area contributed by atoms with Gasteiger partial charge < -0.3 is 5.32 Å². The second-order valence-corrected chi connectivity index (χ2v) is 9.09. The van der Waals surface area contributed by atoms with Crippen molar-refractivity contribution < 1.29 is 4.79 Å². The van der Waals surface area contributed by atoms with Crippen LogP contribution >= 0.6 is 23.1 Å². The van der Waals surface area contributed by atoms with E-state index in [4.69, 9.17) is 0 Å². The first-order valence-electron chi connectivity index (χ1n) is 8.93. The third-order valence-corrected chi connectivity index (χ3v) is 7.06.